The van der Waals surface area contributed by atoms with Gasteiger partial charge in [0.2, 0.25) is 5.60 Å². The lowest BCUT2D eigenvalue weighted by atomic mass is 9.71. The zero-order chi connectivity index (χ0) is 15.9. The first-order valence-electron chi connectivity index (χ1n) is 7.04. The number of carbonyl (C=O) groups excluding carboxylic acids is 1. The summed E-state index contributed by atoms with van der Waals surface area (Å²) in [6.45, 7) is 1.57. The molecule has 3 rings (SSSR count). The molecule has 1 heterocycles. The molecule has 0 aromatic heterocycles. The monoisotopic (exact) mass is 322 g/mol. The molecule has 1 aromatic rings. The summed E-state index contributed by atoms with van der Waals surface area (Å²) in [5, 5.41) is 15.8. The van der Waals surface area contributed by atoms with Crippen molar-refractivity contribution in [2.24, 2.45) is 5.16 Å². The number of benzene rings is 1. The second-order valence-corrected chi connectivity index (χ2v) is 6.39. The molecule has 0 saturated heterocycles. The van der Waals surface area contributed by atoms with Gasteiger partial charge >= 0.3 is 0 Å². The number of hydrogen-bond acceptors (Lipinski definition) is 5. The zero-order valence-corrected chi connectivity index (χ0v) is 12.7. The van der Waals surface area contributed by atoms with Gasteiger partial charge in [-0.2, -0.15) is 0 Å². The number of Topliss-reactive ketones (excluding diaryl/α,β-unsaturated/α-hetero) is 1. The Morgan fingerprint density at radius 2 is 2.09 bits per heavy atom. The highest BCUT2D eigenvalue weighted by molar-refractivity contribution is 6.30. The predicted octanol–water partition coefficient (Wildman–Crippen LogP) is 2.97. The molecule has 0 N–H and O–H groups in total. The van der Waals surface area contributed by atoms with Crippen molar-refractivity contribution in [1.82, 2.24) is 0 Å². The van der Waals surface area contributed by atoms with E-state index in [1.807, 2.05) is 12.1 Å². The van der Waals surface area contributed by atoms with Crippen molar-refractivity contribution >= 4 is 23.1 Å². The normalized spacial score (nSPS) is 31.0. The maximum absolute atomic E-state index is 12.2. The fraction of sp³-hybridized carbons (Fsp3) is 0.467. The van der Waals surface area contributed by atoms with Crippen LogP contribution >= 0.6 is 11.6 Å². The molecule has 116 valence electrons. The van der Waals surface area contributed by atoms with Gasteiger partial charge in [0, 0.05) is 22.8 Å². The summed E-state index contributed by atoms with van der Waals surface area (Å²) in [5.41, 5.74) is 0.0920. The summed E-state index contributed by atoms with van der Waals surface area (Å²) < 4.78 is 0. The lowest BCUT2D eigenvalue weighted by Gasteiger charge is -2.35. The van der Waals surface area contributed by atoms with Gasteiger partial charge in [0.1, 0.15) is 11.5 Å². The smallest absolute Gasteiger partial charge is 0.295 e. The van der Waals surface area contributed by atoms with Crippen molar-refractivity contribution in [3.63, 3.8) is 0 Å². The molecular formula is C15H15ClN2O4. The Labute approximate surface area is 132 Å². The van der Waals surface area contributed by atoms with Crippen LogP contribution in [0.1, 0.15) is 37.7 Å². The average molecular weight is 323 g/mol. The van der Waals surface area contributed by atoms with E-state index < -0.39 is 16.6 Å². The topological polar surface area (TPSA) is 81.8 Å². The molecule has 1 aliphatic carbocycles. The van der Waals surface area contributed by atoms with Crippen molar-refractivity contribution < 1.29 is 14.6 Å². The summed E-state index contributed by atoms with van der Waals surface area (Å²) in [6.07, 6.45) is 0.784. The number of nitro groups is 1. The second-order valence-electron chi connectivity index (χ2n) is 5.95. The fourth-order valence-corrected chi connectivity index (χ4v) is 3.60. The largest absolute Gasteiger partial charge is 0.381 e. The molecule has 0 radical (unpaired) electrons. The summed E-state index contributed by atoms with van der Waals surface area (Å²) in [7, 11) is 0. The van der Waals surface area contributed by atoms with Crippen LogP contribution in [-0.2, 0) is 9.63 Å². The van der Waals surface area contributed by atoms with Crippen LogP contribution in [0.5, 0.6) is 0 Å². The maximum Gasteiger partial charge on any atom is 0.295 e. The van der Waals surface area contributed by atoms with Crippen LogP contribution in [0.2, 0.25) is 5.02 Å². The Balaban J connectivity index is 1.92. The Morgan fingerprint density at radius 3 is 2.73 bits per heavy atom. The first-order valence-corrected chi connectivity index (χ1v) is 7.42. The summed E-state index contributed by atoms with van der Waals surface area (Å²) in [6, 6.07) is 6.15. The van der Waals surface area contributed by atoms with E-state index in [1.165, 1.54) is 0 Å². The number of nitrogens with zero attached hydrogens (tertiary/aromatic N) is 2. The third-order valence-electron chi connectivity index (χ3n) is 4.38. The van der Waals surface area contributed by atoms with Gasteiger partial charge in [-0.1, -0.05) is 28.9 Å². The van der Waals surface area contributed by atoms with Gasteiger partial charge in [0.25, 0.3) is 6.04 Å². The molecule has 0 bridgehead atoms. The lowest BCUT2D eigenvalue weighted by molar-refractivity contribution is -0.523. The van der Waals surface area contributed by atoms with Crippen molar-refractivity contribution in [3.8, 4) is 0 Å². The van der Waals surface area contributed by atoms with Gasteiger partial charge in [-0.05, 0) is 30.5 Å². The molecule has 6 nitrogen and oxygen atoms in total. The molecule has 1 fully saturated rings. The van der Waals surface area contributed by atoms with Crippen molar-refractivity contribution in [2.45, 2.75) is 43.7 Å². The number of carbonyl (C=O) groups is 1. The number of oxime groups is 1. The van der Waals surface area contributed by atoms with Crippen molar-refractivity contribution in [2.75, 3.05) is 0 Å². The van der Waals surface area contributed by atoms with Crippen LogP contribution in [0.15, 0.2) is 29.4 Å². The summed E-state index contributed by atoms with van der Waals surface area (Å²) >= 11 is 5.88. The predicted molar refractivity (Wildman–Crippen MR) is 80.8 cm³/mol. The van der Waals surface area contributed by atoms with Crippen LogP contribution in [0.25, 0.3) is 0 Å². The average Bonchev–Trinajstić information content (AvgIpc) is 2.75. The lowest BCUT2D eigenvalue weighted by Crippen LogP contribution is -2.52. The van der Waals surface area contributed by atoms with E-state index in [2.05, 4.69) is 5.16 Å². The zero-order valence-electron chi connectivity index (χ0n) is 12.0. The van der Waals surface area contributed by atoms with Crippen molar-refractivity contribution in [3.05, 3.63) is 45.0 Å². The van der Waals surface area contributed by atoms with Gasteiger partial charge in [0.15, 0.2) is 0 Å². The van der Waals surface area contributed by atoms with Crippen LogP contribution in [-0.4, -0.2) is 28.1 Å². The molecule has 1 aromatic carbocycles. The molecule has 1 spiro atoms. The standard InChI is InChI=1S/C15H15ClN2O4/c1-9-14(18(20)21)15(22-17-9)7-11(6-13(19)8-15)10-2-4-12(16)5-3-10/h2-5,11,14H,6-8H2,1H3/t11-,14-,15+/m0/s1. The molecular weight excluding hydrogens is 308 g/mol. The Morgan fingerprint density at radius 1 is 1.41 bits per heavy atom. The van der Waals surface area contributed by atoms with E-state index in [0.29, 0.717) is 23.6 Å². The third kappa shape index (κ3) is 2.47. The van der Waals surface area contributed by atoms with Crippen LogP contribution in [0.4, 0.5) is 0 Å². The molecule has 0 amide bonds. The first kappa shape index (κ1) is 15.0. The minimum atomic E-state index is -1.16. The first-order chi connectivity index (χ1) is 10.4. The third-order valence-corrected chi connectivity index (χ3v) is 4.63. The van der Waals surface area contributed by atoms with E-state index in [0.717, 1.165) is 5.56 Å². The highest BCUT2D eigenvalue weighted by atomic mass is 35.5. The molecule has 1 saturated carbocycles. The Hall–Kier alpha value is -1.95. The van der Waals surface area contributed by atoms with Crippen molar-refractivity contribution in [1.29, 1.82) is 0 Å². The molecule has 7 heteroatoms. The molecule has 22 heavy (non-hydrogen) atoms. The number of rotatable bonds is 2. The minimum Gasteiger partial charge on any atom is -0.381 e. The van der Waals surface area contributed by atoms with Gasteiger partial charge in [-0.3, -0.25) is 14.9 Å². The van der Waals surface area contributed by atoms with E-state index >= 15 is 0 Å². The highest BCUT2D eigenvalue weighted by Gasteiger charge is 2.59. The molecule has 2 aliphatic rings. The summed E-state index contributed by atoms with van der Waals surface area (Å²) in [4.78, 5) is 28.6. The second kappa shape index (κ2) is 5.35. The maximum atomic E-state index is 12.2. The van der Waals surface area contributed by atoms with Gasteiger partial charge < -0.3 is 4.84 Å². The molecule has 0 unspecified atom stereocenters. The van der Waals surface area contributed by atoms with E-state index in [4.69, 9.17) is 16.4 Å². The molecule has 1 aliphatic heterocycles. The highest BCUT2D eigenvalue weighted by Crippen LogP contribution is 2.44. The van der Waals surface area contributed by atoms with Crippen LogP contribution in [0, 0.1) is 10.1 Å². The van der Waals surface area contributed by atoms with Gasteiger partial charge in [-0.25, -0.2) is 0 Å². The van der Waals surface area contributed by atoms with Gasteiger partial charge in [-0.15, -0.1) is 0 Å². The molecule has 3 atom stereocenters. The van der Waals surface area contributed by atoms with E-state index in [-0.39, 0.29) is 18.1 Å². The Kier molecular flexibility index (Phi) is 3.64. The van der Waals surface area contributed by atoms with Crippen LogP contribution < -0.4 is 0 Å². The SMILES string of the molecule is CC1=NO[C@]2(CC(=O)C[C@H](c3ccc(Cl)cc3)C2)[C@H]1[N+](=O)[O-]. The van der Waals surface area contributed by atoms with Gasteiger partial charge in [0.05, 0.1) is 6.42 Å². The van der Waals surface area contributed by atoms with E-state index in [9.17, 15) is 14.9 Å². The summed E-state index contributed by atoms with van der Waals surface area (Å²) in [5.74, 6) is -0.162. The minimum absolute atomic E-state index is 0.0313. The Bertz CT molecular complexity index is 658. The number of halogens is 1. The number of hydrogen-bond donors (Lipinski definition) is 0. The fourth-order valence-electron chi connectivity index (χ4n) is 3.48. The van der Waals surface area contributed by atoms with Crippen LogP contribution in [0.3, 0.4) is 0 Å². The van der Waals surface area contributed by atoms with E-state index in [1.54, 1.807) is 19.1 Å². The quantitative estimate of drug-likeness (QED) is 0.619. The number of ketones is 1.